The zero-order chi connectivity index (χ0) is 13.7. The second kappa shape index (κ2) is 7.03. The van der Waals surface area contributed by atoms with Crippen molar-refractivity contribution in [1.82, 2.24) is 14.9 Å². The van der Waals surface area contributed by atoms with Gasteiger partial charge in [-0.05, 0) is 32.9 Å². The van der Waals surface area contributed by atoms with E-state index in [2.05, 4.69) is 27.1 Å². The van der Waals surface area contributed by atoms with Gasteiger partial charge in [-0.25, -0.2) is 9.97 Å². The van der Waals surface area contributed by atoms with E-state index in [1.54, 1.807) is 13.2 Å². The lowest BCUT2D eigenvalue weighted by Crippen LogP contribution is -2.33. The Labute approximate surface area is 119 Å². The average Bonchev–Trinajstić information content (AvgIpc) is 2.81. The van der Waals surface area contributed by atoms with Gasteiger partial charge in [0.1, 0.15) is 17.6 Å². The van der Waals surface area contributed by atoms with Crippen LogP contribution in [0, 0.1) is 0 Å². The first-order valence-corrected chi connectivity index (χ1v) is 7.06. The van der Waals surface area contributed by atoms with Gasteiger partial charge in [0.2, 0.25) is 0 Å². The zero-order valence-corrected chi connectivity index (χ0v) is 12.3. The second-order valence-electron chi connectivity index (χ2n) is 4.98. The monoisotopic (exact) mass is 284 g/mol. The molecule has 0 aromatic carbocycles. The molecule has 1 unspecified atom stereocenters. The van der Waals surface area contributed by atoms with Gasteiger partial charge in [-0.1, -0.05) is 11.6 Å². The number of methoxy groups -OCH3 is 1. The van der Waals surface area contributed by atoms with E-state index in [-0.39, 0.29) is 0 Å². The quantitative estimate of drug-likeness (QED) is 0.812. The highest BCUT2D eigenvalue weighted by Gasteiger charge is 2.15. The van der Waals surface area contributed by atoms with Gasteiger partial charge in [0.25, 0.3) is 0 Å². The largest absolute Gasteiger partial charge is 0.377 e. The topological polar surface area (TPSA) is 50.3 Å². The van der Waals surface area contributed by atoms with Crippen LogP contribution < -0.4 is 5.32 Å². The van der Waals surface area contributed by atoms with Crippen molar-refractivity contribution in [3.8, 4) is 0 Å². The molecule has 0 bridgehead atoms. The fraction of sp³-hybridized carbons (Fsp3) is 0.692. The maximum atomic E-state index is 5.98. The minimum atomic E-state index is 0.333. The Morgan fingerprint density at radius 3 is 2.84 bits per heavy atom. The lowest BCUT2D eigenvalue weighted by molar-refractivity contribution is 0.178. The van der Waals surface area contributed by atoms with E-state index in [1.165, 1.54) is 25.9 Å². The smallest absolute Gasteiger partial charge is 0.158 e. The van der Waals surface area contributed by atoms with Crippen LogP contribution in [0.5, 0.6) is 0 Å². The number of anilines is 1. The molecular formula is C13H21ClN4O. The van der Waals surface area contributed by atoms with Crippen LogP contribution in [0.3, 0.4) is 0 Å². The Morgan fingerprint density at radius 2 is 2.16 bits per heavy atom. The van der Waals surface area contributed by atoms with Gasteiger partial charge in [-0.2, -0.15) is 0 Å². The SMILES string of the molecule is COCc1nc(Cl)cc(NC(C)CN2CCCC2)n1. The summed E-state index contributed by atoms with van der Waals surface area (Å²) in [6.07, 6.45) is 2.62. The van der Waals surface area contributed by atoms with Crippen LogP contribution in [0.25, 0.3) is 0 Å². The second-order valence-corrected chi connectivity index (χ2v) is 5.37. The Kier molecular flexibility index (Phi) is 5.36. The molecule has 0 saturated carbocycles. The van der Waals surface area contributed by atoms with E-state index in [0.717, 1.165) is 12.4 Å². The fourth-order valence-electron chi connectivity index (χ4n) is 2.38. The summed E-state index contributed by atoms with van der Waals surface area (Å²) < 4.78 is 5.03. The van der Waals surface area contributed by atoms with Crippen molar-refractivity contribution in [2.75, 3.05) is 32.1 Å². The number of aromatic nitrogens is 2. The first-order chi connectivity index (χ1) is 9.17. The van der Waals surface area contributed by atoms with E-state index >= 15 is 0 Å². The minimum absolute atomic E-state index is 0.333. The summed E-state index contributed by atoms with van der Waals surface area (Å²) in [5.74, 6) is 1.37. The molecule has 19 heavy (non-hydrogen) atoms. The fourth-order valence-corrected chi connectivity index (χ4v) is 2.58. The molecule has 1 saturated heterocycles. The molecule has 0 radical (unpaired) electrons. The Hall–Kier alpha value is -0.910. The number of likely N-dealkylation sites (tertiary alicyclic amines) is 1. The molecule has 5 nitrogen and oxygen atoms in total. The third-order valence-electron chi connectivity index (χ3n) is 3.14. The molecule has 6 heteroatoms. The molecule has 1 atom stereocenters. The Morgan fingerprint density at radius 1 is 1.42 bits per heavy atom. The summed E-state index contributed by atoms with van der Waals surface area (Å²) in [6.45, 7) is 5.96. The summed E-state index contributed by atoms with van der Waals surface area (Å²) in [4.78, 5) is 11.0. The number of ether oxygens (including phenoxy) is 1. The van der Waals surface area contributed by atoms with Gasteiger partial charge in [0.15, 0.2) is 5.82 Å². The van der Waals surface area contributed by atoms with Crippen molar-refractivity contribution in [2.45, 2.75) is 32.4 Å². The molecule has 0 spiro atoms. The number of nitrogens with one attached hydrogen (secondary N) is 1. The minimum Gasteiger partial charge on any atom is -0.377 e. The number of nitrogens with zero attached hydrogens (tertiary/aromatic N) is 3. The van der Waals surface area contributed by atoms with Crippen LogP contribution >= 0.6 is 11.6 Å². The normalized spacial score (nSPS) is 17.6. The Balaban J connectivity index is 1.93. The van der Waals surface area contributed by atoms with Crippen molar-refractivity contribution in [3.63, 3.8) is 0 Å². The van der Waals surface area contributed by atoms with Crippen molar-refractivity contribution >= 4 is 17.4 Å². The van der Waals surface area contributed by atoms with E-state index in [1.807, 2.05) is 0 Å². The third kappa shape index (κ3) is 4.60. The molecule has 1 aromatic rings. The van der Waals surface area contributed by atoms with Crippen molar-refractivity contribution < 1.29 is 4.74 Å². The molecule has 106 valence electrons. The van der Waals surface area contributed by atoms with Crippen molar-refractivity contribution in [3.05, 3.63) is 17.0 Å². The molecule has 1 fully saturated rings. The van der Waals surface area contributed by atoms with Crippen molar-refractivity contribution in [1.29, 1.82) is 0 Å². The molecule has 0 amide bonds. The molecule has 1 aliphatic rings. The third-order valence-corrected chi connectivity index (χ3v) is 3.33. The van der Waals surface area contributed by atoms with Gasteiger partial charge in [0.05, 0.1) is 0 Å². The van der Waals surface area contributed by atoms with Crippen molar-refractivity contribution in [2.24, 2.45) is 0 Å². The summed E-state index contributed by atoms with van der Waals surface area (Å²) in [5.41, 5.74) is 0. The molecule has 1 N–H and O–H groups in total. The molecule has 1 aliphatic heterocycles. The van der Waals surface area contributed by atoms with E-state index in [0.29, 0.717) is 23.6 Å². The summed E-state index contributed by atoms with van der Waals surface area (Å²) in [7, 11) is 1.62. The van der Waals surface area contributed by atoms with Crippen LogP contribution in [-0.2, 0) is 11.3 Å². The van der Waals surface area contributed by atoms with E-state index in [9.17, 15) is 0 Å². The molecule has 2 rings (SSSR count). The molecule has 1 aromatic heterocycles. The predicted molar refractivity (Wildman–Crippen MR) is 76.5 cm³/mol. The van der Waals surface area contributed by atoms with E-state index in [4.69, 9.17) is 16.3 Å². The highest BCUT2D eigenvalue weighted by atomic mass is 35.5. The molecular weight excluding hydrogens is 264 g/mol. The van der Waals surface area contributed by atoms with Crippen LogP contribution in [0.15, 0.2) is 6.07 Å². The maximum Gasteiger partial charge on any atom is 0.158 e. The highest BCUT2D eigenvalue weighted by Crippen LogP contribution is 2.14. The highest BCUT2D eigenvalue weighted by molar-refractivity contribution is 6.29. The summed E-state index contributed by atoms with van der Waals surface area (Å²) in [5, 5.41) is 3.82. The van der Waals surface area contributed by atoms with Crippen LogP contribution in [0.1, 0.15) is 25.6 Å². The Bertz CT molecular complexity index is 410. The maximum absolute atomic E-state index is 5.98. The first-order valence-electron chi connectivity index (χ1n) is 6.68. The standard InChI is InChI=1S/C13H21ClN4O/c1-10(8-18-5-3-4-6-18)15-12-7-11(14)16-13(17-12)9-19-2/h7,10H,3-6,8-9H2,1-2H3,(H,15,16,17). The average molecular weight is 285 g/mol. The molecule has 2 heterocycles. The van der Waals surface area contributed by atoms with Crippen LogP contribution in [0.2, 0.25) is 5.15 Å². The lowest BCUT2D eigenvalue weighted by Gasteiger charge is -2.21. The zero-order valence-electron chi connectivity index (χ0n) is 11.5. The van der Waals surface area contributed by atoms with Gasteiger partial charge < -0.3 is 15.0 Å². The number of hydrogen-bond donors (Lipinski definition) is 1. The lowest BCUT2D eigenvalue weighted by atomic mass is 10.3. The van der Waals surface area contributed by atoms with Gasteiger partial charge in [-0.15, -0.1) is 0 Å². The summed E-state index contributed by atoms with van der Waals surface area (Å²) >= 11 is 5.98. The predicted octanol–water partition coefficient (Wildman–Crippen LogP) is 2.17. The number of rotatable bonds is 6. The van der Waals surface area contributed by atoms with Crippen LogP contribution in [0.4, 0.5) is 5.82 Å². The van der Waals surface area contributed by atoms with Gasteiger partial charge in [-0.3, -0.25) is 0 Å². The first kappa shape index (κ1) is 14.5. The number of halogens is 1. The van der Waals surface area contributed by atoms with E-state index < -0.39 is 0 Å². The van der Waals surface area contributed by atoms with Gasteiger partial charge in [0, 0.05) is 25.8 Å². The van der Waals surface area contributed by atoms with Crippen LogP contribution in [-0.4, -0.2) is 47.7 Å². The summed E-state index contributed by atoms with van der Waals surface area (Å²) in [6, 6.07) is 2.08. The van der Waals surface area contributed by atoms with Gasteiger partial charge >= 0.3 is 0 Å². The number of hydrogen-bond acceptors (Lipinski definition) is 5. The molecule has 0 aliphatic carbocycles.